The average molecular weight is 344 g/mol. The average Bonchev–Trinajstić information content (AvgIpc) is 3.22. The number of rotatable bonds is 5. The van der Waals surface area contributed by atoms with Gasteiger partial charge in [0.25, 0.3) is 5.91 Å². The smallest absolute Gasteiger partial charge is 0.264 e. The van der Waals surface area contributed by atoms with Crippen molar-refractivity contribution in [3.63, 3.8) is 0 Å². The van der Waals surface area contributed by atoms with Crippen LogP contribution < -0.4 is 11.1 Å². The summed E-state index contributed by atoms with van der Waals surface area (Å²) in [7, 11) is 0. The lowest BCUT2D eigenvalue weighted by molar-refractivity contribution is 0.0935. The molecule has 0 saturated heterocycles. The molecule has 0 aliphatic carbocycles. The number of aryl methyl sites for hydroxylation is 1. The lowest BCUT2D eigenvalue weighted by atomic mass is 10.2. The summed E-state index contributed by atoms with van der Waals surface area (Å²) in [5, 5.41) is 7.12. The number of carbonyl (C=O) groups is 1. The monoisotopic (exact) mass is 344 g/mol. The zero-order valence-corrected chi connectivity index (χ0v) is 14.0. The first kappa shape index (κ1) is 16.1. The molecule has 0 unspecified atom stereocenters. The van der Waals surface area contributed by atoms with Gasteiger partial charge in [0.15, 0.2) is 5.13 Å². The summed E-state index contributed by atoms with van der Waals surface area (Å²) < 4.78 is 5.24. The zero-order valence-electron chi connectivity index (χ0n) is 13.2. The quantitative estimate of drug-likeness (QED) is 0.728. The summed E-state index contributed by atoms with van der Waals surface area (Å²) in [4.78, 5) is 25.4. The second kappa shape index (κ2) is 6.75. The molecule has 8 nitrogen and oxygen atoms in total. The van der Waals surface area contributed by atoms with Crippen LogP contribution >= 0.6 is 11.3 Å². The molecule has 0 radical (unpaired) electrons. The van der Waals surface area contributed by atoms with Gasteiger partial charge in [-0.15, -0.1) is 0 Å². The molecule has 0 aliphatic rings. The van der Waals surface area contributed by atoms with E-state index in [4.69, 9.17) is 10.3 Å². The number of amides is 1. The highest BCUT2D eigenvalue weighted by Crippen LogP contribution is 2.22. The van der Waals surface area contributed by atoms with Gasteiger partial charge < -0.3 is 15.6 Å². The molecule has 0 fully saturated rings. The first-order valence-electron chi connectivity index (χ1n) is 7.38. The normalized spacial score (nSPS) is 12.1. The Kier molecular flexibility index (Phi) is 4.52. The summed E-state index contributed by atoms with van der Waals surface area (Å²) in [5.74, 6) is 0.489. The number of nitrogens with zero attached hydrogens (tertiary/aromatic N) is 4. The molecular weight excluding hydrogens is 328 g/mol. The lowest BCUT2D eigenvalue weighted by Crippen LogP contribution is -2.27. The van der Waals surface area contributed by atoms with Gasteiger partial charge in [-0.05, 0) is 25.5 Å². The number of hydrogen-bond acceptors (Lipinski definition) is 8. The van der Waals surface area contributed by atoms with E-state index in [0.29, 0.717) is 33.8 Å². The Bertz CT molecular complexity index is 845. The van der Waals surface area contributed by atoms with E-state index in [0.717, 1.165) is 5.56 Å². The molecule has 1 atom stereocenters. The SMILES string of the molecule is CCc1nc(N)sc1C(=O)N[C@@H](C)c1nc(-c2cccnc2)no1. The van der Waals surface area contributed by atoms with E-state index in [1.807, 2.05) is 13.0 Å². The van der Waals surface area contributed by atoms with E-state index in [-0.39, 0.29) is 5.91 Å². The Morgan fingerprint density at radius 2 is 2.29 bits per heavy atom. The number of pyridine rings is 1. The van der Waals surface area contributed by atoms with Crippen LogP contribution in [-0.4, -0.2) is 26.0 Å². The number of nitrogens with one attached hydrogen (secondary N) is 1. The van der Waals surface area contributed by atoms with Gasteiger partial charge >= 0.3 is 0 Å². The van der Waals surface area contributed by atoms with E-state index in [1.165, 1.54) is 11.3 Å². The van der Waals surface area contributed by atoms with Gasteiger partial charge in [0, 0.05) is 18.0 Å². The van der Waals surface area contributed by atoms with Crippen LogP contribution in [0.3, 0.4) is 0 Å². The Balaban J connectivity index is 1.74. The highest BCUT2D eigenvalue weighted by Gasteiger charge is 2.21. The number of anilines is 1. The first-order chi connectivity index (χ1) is 11.6. The van der Waals surface area contributed by atoms with E-state index >= 15 is 0 Å². The van der Waals surface area contributed by atoms with Crippen molar-refractivity contribution in [3.05, 3.63) is 41.0 Å². The molecule has 0 bridgehead atoms. The molecule has 9 heteroatoms. The van der Waals surface area contributed by atoms with Crippen LogP contribution in [0.5, 0.6) is 0 Å². The largest absolute Gasteiger partial charge is 0.375 e. The Hall–Kier alpha value is -2.81. The fourth-order valence-electron chi connectivity index (χ4n) is 2.13. The third-order valence-corrected chi connectivity index (χ3v) is 4.26. The second-order valence-corrected chi connectivity index (χ2v) is 6.11. The zero-order chi connectivity index (χ0) is 17.1. The molecule has 3 rings (SSSR count). The molecule has 3 aromatic heterocycles. The van der Waals surface area contributed by atoms with Crippen molar-refractivity contribution in [2.45, 2.75) is 26.3 Å². The maximum atomic E-state index is 12.4. The van der Waals surface area contributed by atoms with E-state index in [2.05, 4.69) is 25.4 Å². The van der Waals surface area contributed by atoms with Crippen molar-refractivity contribution in [1.29, 1.82) is 0 Å². The van der Waals surface area contributed by atoms with Crippen molar-refractivity contribution < 1.29 is 9.32 Å². The van der Waals surface area contributed by atoms with Gasteiger partial charge in [-0.25, -0.2) is 4.98 Å². The molecule has 3 aromatic rings. The van der Waals surface area contributed by atoms with Crippen LogP contribution in [0.1, 0.15) is 41.1 Å². The van der Waals surface area contributed by atoms with Gasteiger partial charge in [0.1, 0.15) is 10.9 Å². The Labute approximate surface area is 142 Å². The summed E-state index contributed by atoms with van der Waals surface area (Å²) in [6.07, 6.45) is 3.95. The summed E-state index contributed by atoms with van der Waals surface area (Å²) in [6, 6.07) is 3.18. The Morgan fingerprint density at radius 1 is 1.46 bits per heavy atom. The summed E-state index contributed by atoms with van der Waals surface area (Å²) in [6.45, 7) is 3.70. The van der Waals surface area contributed by atoms with Gasteiger partial charge in [0.05, 0.1) is 5.69 Å². The maximum absolute atomic E-state index is 12.4. The fraction of sp³-hybridized carbons (Fsp3) is 0.267. The van der Waals surface area contributed by atoms with E-state index in [1.54, 1.807) is 25.4 Å². The van der Waals surface area contributed by atoms with Crippen LogP contribution in [0.15, 0.2) is 29.0 Å². The van der Waals surface area contributed by atoms with Crippen LogP contribution in [0.25, 0.3) is 11.4 Å². The van der Waals surface area contributed by atoms with E-state index < -0.39 is 6.04 Å². The van der Waals surface area contributed by atoms with Crippen LogP contribution in [-0.2, 0) is 6.42 Å². The van der Waals surface area contributed by atoms with Crippen molar-refractivity contribution in [3.8, 4) is 11.4 Å². The Morgan fingerprint density at radius 3 is 3.00 bits per heavy atom. The fourth-order valence-corrected chi connectivity index (χ4v) is 2.96. The lowest BCUT2D eigenvalue weighted by Gasteiger charge is -2.08. The van der Waals surface area contributed by atoms with Crippen molar-refractivity contribution in [2.24, 2.45) is 0 Å². The molecule has 0 aromatic carbocycles. The number of nitrogen functional groups attached to an aromatic ring is 1. The third kappa shape index (κ3) is 3.25. The third-order valence-electron chi connectivity index (χ3n) is 3.33. The molecule has 24 heavy (non-hydrogen) atoms. The highest BCUT2D eigenvalue weighted by molar-refractivity contribution is 7.17. The van der Waals surface area contributed by atoms with Crippen molar-refractivity contribution in [2.75, 3.05) is 5.73 Å². The molecule has 1 amide bonds. The predicted molar refractivity (Wildman–Crippen MR) is 89.3 cm³/mol. The van der Waals surface area contributed by atoms with Gasteiger partial charge in [0.2, 0.25) is 11.7 Å². The van der Waals surface area contributed by atoms with Crippen LogP contribution in [0, 0.1) is 0 Å². The molecule has 0 saturated carbocycles. The molecular formula is C15H16N6O2S. The number of hydrogen-bond donors (Lipinski definition) is 2. The molecule has 0 spiro atoms. The molecule has 0 aliphatic heterocycles. The number of nitrogens with two attached hydrogens (primary N) is 1. The highest BCUT2D eigenvalue weighted by atomic mass is 32.1. The maximum Gasteiger partial charge on any atom is 0.264 e. The van der Waals surface area contributed by atoms with Crippen LogP contribution in [0.4, 0.5) is 5.13 Å². The van der Waals surface area contributed by atoms with Crippen molar-refractivity contribution >= 4 is 22.4 Å². The van der Waals surface area contributed by atoms with Crippen LogP contribution in [0.2, 0.25) is 0 Å². The molecule has 3 N–H and O–H groups in total. The molecule has 124 valence electrons. The first-order valence-corrected chi connectivity index (χ1v) is 8.20. The van der Waals surface area contributed by atoms with Gasteiger partial charge in [-0.3, -0.25) is 9.78 Å². The second-order valence-electron chi connectivity index (χ2n) is 5.07. The summed E-state index contributed by atoms with van der Waals surface area (Å²) in [5.41, 5.74) is 7.11. The minimum absolute atomic E-state index is 0.255. The standard InChI is InChI=1S/C15H16N6O2S/c1-3-10-11(24-15(16)19-10)13(22)18-8(2)14-20-12(21-23-14)9-5-4-6-17-7-9/h4-8H,3H2,1-2H3,(H2,16,19)(H,18,22)/t8-/m0/s1. The minimum Gasteiger partial charge on any atom is -0.375 e. The van der Waals surface area contributed by atoms with Crippen molar-refractivity contribution in [1.82, 2.24) is 25.4 Å². The predicted octanol–water partition coefficient (Wildman–Crippen LogP) is 2.22. The topological polar surface area (TPSA) is 120 Å². The molecule has 3 heterocycles. The van der Waals surface area contributed by atoms with E-state index in [9.17, 15) is 4.79 Å². The van der Waals surface area contributed by atoms with Gasteiger partial charge in [-0.1, -0.05) is 23.4 Å². The minimum atomic E-state index is -0.441. The number of carbonyl (C=O) groups excluding carboxylic acids is 1. The summed E-state index contributed by atoms with van der Waals surface area (Å²) >= 11 is 1.17. The van der Waals surface area contributed by atoms with Gasteiger partial charge in [-0.2, -0.15) is 4.98 Å². The number of aromatic nitrogens is 4. The number of thiazole rings is 1.